The third-order valence-electron chi connectivity index (χ3n) is 4.43. The maximum atomic E-state index is 12.6. The lowest BCUT2D eigenvalue weighted by atomic mass is 10.2. The summed E-state index contributed by atoms with van der Waals surface area (Å²) >= 11 is 1.73. The van der Waals surface area contributed by atoms with Gasteiger partial charge in [-0.2, -0.15) is 0 Å². The van der Waals surface area contributed by atoms with Crippen LogP contribution in [0, 0.1) is 0 Å². The normalized spacial score (nSPS) is 11.0. The zero-order valence-corrected chi connectivity index (χ0v) is 18.9. The van der Waals surface area contributed by atoms with Crippen molar-refractivity contribution in [1.82, 2.24) is 0 Å². The summed E-state index contributed by atoms with van der Waals surface area (Å²) in [7, 11) is -2.23. The van der Waals surface area contributed by atoms with Gasteiger partial charge in [0.25, 0.3) is 0 Å². The second-order valence-corrected chi connectivity index (χ2v) is 9.74. The average Bonchev–Trinajstić information content (AvgIpc) is 2.77. The number of para-hydroxylation sites is 2. The standard InChI is InChI=1S/C23H24N2O4S2/c1-29-22-11-7-6-10-21(22)25(31(2,27)28)16-23(26)24-19-14-12-18(13-15-19)17-30-20-8-4-3-5-9-20/h3-15H,16-17H2,1-2H3,(H,24,26). The number of methoxy groups -OCH3 is 1. The smallest absolute Gasteiger partial charge is 0.245 e. The van der Waals surface area contributed by atoms with E-state index >= 15 is 0 Å². The Balaban J connectivity index is 1.64. The van der Waals surface area contributed by atoms with Crippen molar-refractivity contribution in [1.29, 1.82) is 0 Å². The Morgan fingerprint density at radius 1 is 0.968 bits per heavy atom. The summed E-state index contributed by atoms with van der Waals surface area (Å²) in [5.74, 6) is 0.747. The average molecular weight is 457 g/mol. The van der Waals surface area contributed by atoms with E-state index in [1.807, 2.05) is 42.5 Å². The molecule has 31 heavy (non-hydrogen) atoms. The number of nitrogens with zero attached hydrogens (tertiary/aromatic N) is 1. The van der Waals surface area contributed by atoms with Crippen LogP contribution in [0.1, 0.15) is 5.56 Å². The molecule has 0 atom stereocenters. The molecule has 3 rings (SSSR count). The highest BCUT2D eigenvalue weighted by Crippen LogP contribution is 2.29. The number of amides is 1. The number of ether oxygens (including phenoxy) is 1. The first-order chi connectivity index (χ1) is 14.9. The number of hydrogen-bond donors (Lipinski definition) is 1. The molecule has 1 N–H and O–H groups in total. The summed E-state index contributed by atoms with van der Waals surface area (Å²) in [5, 5.41) is 2.76. The van der Waals surface area contributed by atoms with Crippen LogP contribution >= 0.6 is 11.8 Å². The van der Waals surface area contributed by atoms with Crippen molar-refractivity contribution >= 4 is 39.1 Å². The second-order valence-electron chi connectivity index (χ2n) is 6.79. The minimum atomic E-state index is -3.69. The molecule has 3 aromatic rings. The Morgan fingerprint density at radius 2 is 1.61 bits per heavy atom. The number of rotatable bonds is 9. The van der Waals surface area contributed by atoms with Crippen molar-refractivity contribution in [3.63, 3.8) is 0 Å². The predicted molar refractivity (Wildman–Crippen MR) is 126 cm³/mol. The number of carbonyl (C=O) groups is 1. The molecule has 3 aromatic carbocycles. The number of hydrogen-bond acceptors (Lipinski definition) is 5. The molecular weight excluding hydrogens is 432 g/mol. The molecule has 0 heterocycles. The molecule has 0 saturated heterocycles. The summed E-state index contributed by atoms with van der Waals surface area (Å²) < 4.78 is 30.9. The van der Waals surface area contributed by atoms with Crippen molar-refractivity contribution < 1.29 is 17.9 Å². The predicted octanol–water partition coefficient (Wildman–Crippen LogP) is 4.39. The van der Waals surface area contributed by atoms with Gasteiger partial charge in [0.2, 0.25) is 15.9 Å². The minimum absolute atomic E-state index is 0.316. The molecule has 0 radical (unpaired) electrons. The number of carbonyl (C=O) groups excluding carboxylic acids is 1. The van der Waals surface area contributed by atoms with Gasteiger partial charge in [-0.3, -0.25) is 9.10 Å². The monoisotopic (exact) mass is 456 g/mol. The summed E-state index contributed by atoms with van der Waals surface area (Å²) in [6.07, 6.45) is 1.06. The molecule has 1 amide bonds. The number of thioether (sulfide) groups is 1. The van der Waals surface area contributed by atoms with Crippen LogP contribution in [0.3, 0.4) is 0 Å². The first kappa shape index (κ1) is 22.7. The zero-order chi connectivity index (χ0) is 22.3. The highest BCUT2D eigenvalue weighted by Gasteiger charge is 2.23. The molecule has 0 aromatic heterocycles. The van der Waals surface area contributed by atoms with Crippen molar-refractivity contribution in [2.75, 3.05) is 29.5 Å². The third-order valence-corrected chi connectivity index (χ3v) is 6.64. The Kier molecular flexibility index (Phi) is 7.59. The van der Waals surface area contributed by atoms with Gasteiger partial charge in [0.05, 0.1) is 19.1 Å². The van der Waals surface area contributed by atoms with Gasteiger partial charge >= 0.3 is 0 Å². The fourth-order valence-corrected chi connectivity index (χ4v) is 4.65. The van der Waals surface area contributed by atoms with Gasteiger partial charge in [-0.05, 0) is 42.0 Å². The summed E-state index contributed by atoms with van der Waals surface area (Å²) in [6, 6.07) is 24.3. The molecular formula is C23H24N2O4S2. The minimum Gasteiger partial charge on any atom is -0.495 e. The van der Waals surface area contributed by atoms with Gasteiger partial charge in [-0.25, -0.2) is 8.42 Å². The Labute approximate surface area is 187 Å². The van der Waals surface area contributed by atoms with Crippen LogP contribution in [0.25, 0.3) is 0 Å². The van der Waals surface area contributed by atoms with Gasteiger partial charge in [-0.15, -0.1) is 11.8 Å². The molecule has 162 valence electrons. The second kappa shape index (κ2) is 10.4. The van der Waals surface area contributed by atoms with E-state index in [0.29, 0.717) is 17.1 Å². The molecule has 0 bridgehead atoms. The first-order valence-corrected chi connectivity index (χ1v) is 12.4. The van der Waals surface area contributed by atoms with Gasteiger partial charge in [0.1, 0.15) is 12.3 Å². The zero-order valence-electron chi connectivity index (χ0n) is 17.3. The van der Waals surface area contributed by atoms with Gasteiger partial charge in [-0.1, -0.05) is 42.5 Å². The lowest BCUT2D eigenvalue weighted by Crippen LogP contribution is -2.37. The molecule has 0 aliphatic heterocycles. The van der Waals surface area contributed by atoms with Gasteiger partial charge in [0.15, 0.2) is 0 Å². The van der Waals surface area contributed by atoms with E-state index in [-0.39, 0.29) is 6.54 Å². The molecule has 0 aliphatic carbocycles. The molecule has 0 aliphatic rings. The highest BCUT2D eigenvalue weighted by molar-refractivity contribution is 7.98. The van der Waals surface area contributed by atoms with E-state index in [4.69, 9.17) is 4.74 Å². The molecule has 0 unspecified atom stereocenters. The van der Waals surface area contributed by atoms with Crippen LogP contribution in [0.15, 0.2) is 83.8 Å². The number of nitrogens with one attached hydrogen (secondary N) is 1. The lowest BCUT2D eigenvalue weighted by molar-refractivity contribution is -0.114. The molecule has 0 fully saturated rings. The Morgan fingerprint density at radius 3 is 2.26 bits per heavy atom. The number of sulfonamides is 1. The summed E-state index contributed by atoms with van der Waals surface area (Å²) in [6.45, 7) is -0.356. The largest absolute Gasteiger partial charge is 0.495 e. The molecule has 8 heteroatoms. The van der Waals surface area contributed by atoms with E-state index < -0.39 is 15.9 Å². The Hall–Kier alpha value is -2.97. The van der Waals surface area contributed by atoms with Crippen LogP contribution in [-0.4, -0.2) is 34.2 Å². The topological polar surface area (TPSA) is 75.7 Å². The van der Waals surface area contributed by atoms with Crippen LogP contribution in [0.4, 0.5) is 11.4 Å². The van der Waals surface area contributed by atoms with Crippen molar-refractivity contribution in [3.05, 3.63) is 84.4 Å². The van der Waals surface area contributed by atoms with E-state index in [1.165, 1.54) is 12.0 Å². The van der Waals surface area contributed by atoms with E-state index in [9.17, 15) is 13.2 Å². The van der Waals surface area contributed by atoms with Gasteiger partial charge in [0, 0.05) is 16.3 Å². The van der Waals surface area contributed by atoms with Crippen LogP contribution < -0.4 is 14.4 Å². The maximum Gasteiger partial charge on any atom is 0.245 e. The maximum absolute atomic E-state index is 12.6. The number of benzene rings is 3. The molecule has 0 saturated carbocycles. The van der Waals surface area contributed by atoms with Crippen molar-refractivity contribution in [3.8, 4) is 5.75 Å². The summed E-state index contributed by atoms with van der Waals surface area (Å²) in [4.78, 5) is 13.8. The molecule has 0 spiro atoms. The fraction of sp³-hybridized carbons (Fsp3) is 0.174. The third kappa shape index (κ3) is 6.50. The van der Waals surface area contributed by atoms with Crippen LogP contribution in [0.5, 0.6) is 5.75 Å². The first-order valence-electron chi connectivity index (χ1n) is 9.54. The van der Waals surface area contributed by atoms with E-state index in [1.54, 1.807) is 36.0 Å². The Bertz CT molecular complexity index is 1120. The van der Waals surface area contributed by atoms with Crippen molar-refractivity contribution in [2.24, 2.45) is 0 Å². The van der Waals surface area contributed by atoms with E-state index in [2.05, 4.69) is 17.4 Å². The fourth-order valence-electron chi connectivity index (χ4n) is 2.92. The van der Waals surface area contributed by atoms with Crippen molar-refractivity contribution in [2.45, 2.75) is 10.6 Å². The van der Waals surface area contributed by atoms with Crippen LogP contribution in [0.2, 0.25) is 0 Å². The highest BCUT2D eigenvalue weighted by atomic mass is 32.2. The number of anilines is 2. The summed E-state index contributed by atoms with van der Waals surface area (Å²) in [5.41, 5.74) is 2.04. The SMILES string of the molecule is COc1ccccc1N(CC(=O)Nc1ccc(CSc2ccccc2)cc1)S(C)(=O)=O. The van der Waals surface area contributed by atoms with E-state index in [0.717, 1.165) is 21.9 Å². The molecule has 6 nitrogen and oxygen atoms in total. The quantitative estimate of drug-likeness (QED) is 0.483. The van der Waals surface area contributed by atoms with Gasteiger partial charge < -0.3 is 10.1 Å². The lowest BCUT2D eigenvalue weighted by Gasteiger charge is -2.23. The van der Waals surface area contributed by atoms with Crippen LogP contribution in [-0.2, 0) is 20.6 Å².